The van der Waals surface area contributed by atoms with Gasteiger partial charge in [0.25, 0.3) is 0 Å². The molecule has 0 saturated heterocycles. The van der Waals surface area contributed by atoms with Crippen LogP contribution in [0.5, 0.6) is 0 Å². The fourth-order valence-electron chi connectivity index (χ4n) is 2.37. The van der Waals surface area contributed by atoms with Crippen molar-refractivity contribution in [1.82, 2.24) is 19.6 Å². The number of carbonyl (C=O) groups is 1. The second-order valence-corrected chi connectivity index (χ2v) is 6.53. The molecule has 0 radical (unpaired) electrons. The fourth-order valence-corrected chi connectivity index (χ4v) is 2.67. The van der Waals surface area contributed by atoms with Crippen molar-refractivity contribution in [1.29, 1.82) is 0 Å². The topological polar surface area (TPSA) is 64.7 Å². The molecule has 1 amide bonds. The van der Waals surface area contributed by atoms with Crippen LogP contribution in [0.2, 0.25) is 0 Å². The van der Waals surface area contributed by atoms with Crippen LogP contribution in [-0.2, 0) is 11.3 Å². The summed E-state index contributed by atoms with van der Waals surface area (Å²) in [6, 6.07) is 11.5. The summed E-state index contributed by atoms with van der Waals surface area (Å²) in [5, 5.41) is 11.5. The third-order valence-corrected chi connectivity index (χ3v) is 4.16. The quantitative estimate of drug-likeness (QED) is 0.729. The lowest BCUT2D eigenvalue weighted by molar-refractivity contribution is -0.119. The normalized spacial score (nSPS) is 12.1. The Bertz CT molecular complexity index is 840. The van der Waals surface area contributed by atoms with Gasteiger partial charge >= 0.3 is 0 Å². The highest BCUT2D eigenvalue weighted by Gasteiger charge is 2.17. The number of halogens is 1. The monoisotopic (exact) mass is 387 g/mol. The summed E-state index contributed by atoms with van der Waals surface area (Å²) in [6.07, 6.45) is 3.42. The average Bonchev–Trinajstić information content (AvgIpc) is 3.14. The van der Waals surface area contributed by atoms with E-state index in [1.165, 1.54) is 0 Å². The van der Waals surface area contributed by atoms with Crippen LogP contribution in [0.3, 0.4) is 0 Å². The van der Waals surface area contributed by atoms with Crippen LogP contribution in [0.1, 0.15) is 24.2 Å². The molecular formula is C17H18BrN5O. The van der Waals surface area contributed by atoms with Gasteiger partial charge in [-0.05, 0) is 35.3 Å². The minimum Gasteiger partial charge on any atom is -0.307 e. The van der Waals surface area contributed by atoms with Crippen LogP contribution >= 0.6 is 15.9 Å². The maximum Gasteiger partial charge on any atom is 0.250 e. The molecule has 0 aliphatic rings. The summed E-state index contributed by atoms with van der Waals surface area (Å²) in [7, 11) is 0. The van der Waals surface area contributed by atoms with Crippen LogP contribution in [0.25, 0.3) is 0 Å². The molecule has 2 aromatic heterocycles. The van der Waals surface area contributed by atoms with E-state index < -0.39 is 6.04 Å². The van der Waals surface area contributed by atoms with Crippen LogP contribution in [0.15, 0.2) is 53.3 Å². The minimum atomic E-state index is -0.420. The fraction of sp³-hybridized carbons (Fsp3) is 0.235. The highest BCUT2D eigenvalue weighted by Crippen LogP contribution is 2.15. The molecule has 24 heavy (non-hydrogen) atoms. The first-order valence-electron chi connectivity index (χ1n) is 7.62. The smallest absolute Gasteiger partial charge is 0.250 e. The zero-order chi connectivity index (χ0) is 17.1. The first kappa shape index (κ1) is 16.4. The second kappa shape index (κ2) is 7.00. The zero-order valence-electron chi connectivity index (χ0n) is 13.5. The molecule has 1 unspecified atom stereocenters. The standard InChI is InChI=1S/C17H18BrN5O/c1-12-8-16(21-22(12)10-14-6-4-3-5-7-14)20-17(24)13(2)23-11-15(18)9-19-23/h3-9,11,13H,10H2,1-2H3,(H,20,21,24). The average molecular weight is 388 g/mol. The molecule has 2 heterocycles. The van der Waals surface area contributed by atoms with Gasteiger partial charge in [-0.2, -0.15) is 10.2 Å². The number of nitrogens with zero attached hydrogens (tertiary/aromatic N) is 4. The molecule has 1 N–H and O–H groups in total. The number of aromatic nitrogens is 4. The summed E-state index contributed by atoms with van der Waals surface area (Å²) >= 11 is 3.33. The van der Waals surface area contributed by atoms with Gasteiger partial charge in [0, 0.05) is 18.0 Å². The molecular weight excluding hydrogens is 370 g/mol. The van der Waals surface area contributed by atoms with Crippen LogP contribution in [0.4, 0.5) is 5.82 Å². The number of hydrogen-bond donors (Lipinski definition) is 1. The molecule has 0 saturated carbocycles. The Morgan fingerprint density at radius 1 is 1.33 bits per heavy atom. The SMILES string of the molecule is Cc1cc(NC(=O)C(C)n2cc(Br)cn2)nn1Cc1ccccc1. The molecule has 0 aliphatic carbocycles. The van der Waals surface area contributed by atoms with E-state index in [4.69, 9.17) is 0 Å². The summed E-state index contributed by atoms with van der Waals surface area (Å²) in [5.41, 5.74) is 2.15. The van der Waals surface area contributed by atoms with Crippen molar-refractivity contribution in [2.24, 2.45) is 0 Å². The molecule has 1 aromatic carbocycles. The number of nitrogens with one attached hydrogen (secondary N) is 1. The Morgan fingerprint density at radius 2 is 2.08 bits per heavy atom. The van der Waals surface area contributed by atoms with Crippen molar-refractivity contribution in [2.75, 3.05) is 5.32 Å². The summed E-state index contributed by atoms with van der Waals surface area (Å²) in [5.74, 6) is 0.390. The Balaban J connectivity index is 1.69. The molecule has 1 atom stereocenters. The van der Waals surface area contributed by atoms with Crippen molar-refractivity contribution < 1.29 is 4.79 Å². The number of amides is 1. The van der Waals surface area contributed by atoms with Crippen molar-refractivity contribution in [3.63, 3.8) is 0 Å². The van der Waals surface area contributed by atoms with E-state index in [2.05, 4.69) is 43.6 Å². The Labute approximate surface area is 148 Å². The number of benzene rings is 1. The maximum absolute atomic E-state index is 12.4. The highest BCUT2D eigenvalue weighted by molar-refractivity contribution is 9.10. The molecule has 6 nitrogen and oxygen atoms in total. The van der Waals surface area contributed by atoms with Crippen LogP contribution in [0, 0.1) is 6.92 Å². The summed E-state index contributed by atoms with van der Waals surface area (Å²) in [6.45, 7) is 4.44. The molecule has 3 rings (SSSR count). The van der Waals surface area contributed by atoms with Crippen molar-refractivity contribution in [3.8, 4) is 0 Å². The third-order valence-electron chi connectivity index (χ3n) is 3.75. The van der Waals surface area contributed by atoms with Gasteiger partial charge in [-0.3, -0.25) is 14.2 Å². The Morgan fingerprint density at radius 3 is 2.75 bits per heavy atom. The largest absolute Gasteiger partial charge is 0.307 e. The van der Waals surface area contributed by atoms with Gasteiger partial charge in [0.15, 0.2) is 5.82 Å². The van der Waals surface area contributed by atoms with Crippen LogP contribution in [-0.4, -0.2) is 25.5 Å². The molecule has 7 heteroatoms. The number of hydrogen-bond acceptors (Lipinski definition) is 3. The van der Waals surface area contributed by atoms with Crippen LogP contribution < -0.4 is 5.32 Å². The minimum absolute atomic E-state index is 0.157. The third kappa shape index (κ3) is 3.73. The highest BCUT2D eigenvalue weighted by atomic mass is 79.9. The number of rotatable bonds is 5. The summed E-state index contributed by atoms with van der Waals surface area (Å²) < 4.78 is 4.32. The number of anilines is 1. The van der Waals surface area contributed by atoms with Gasteiger partial charge in [-0.15, -0.1) is 0 Å². The lowest BCUT2D eigenvalue weighted by Gasteiger charge is -2.11. The predicted octanol–water partition coefficient (Wildman–Crippen LogP) is 3.40. The molecule has 0 aliphatic heterocycles. The van der Waals surface area contributed by atoms with E-state index in [-0.39, 0.29) is 5.91 Å². The van der Waals surface area contributed by atoms with Gasteiger partial charge < -0.3 is 5.32 Å². The van der Waals surface area contributed by atoms with E-state index in [1.54, 1.807) is 24.0 Å². The van der Waals surface area contributed by atoms with Gasteiger partial charge in [0.1, 0.15) is 6.04 Å². The second-order valence-electron chi connectivity index (χ2n) is 5.62. The summed E-state index contributed by atoms with van der Waals surface area (Å²) in [4.78, 5) is 12.4. The van der Waals surface area contributed by atoms with Crippen molar-refractivity contribution in [2.45, 2.75) is 26.4 Å². The first-order chi connectivity index (χ1) is 11.5. The lowest BCUT2D eigenvalue weighted by atomic mass is 10.2. The zero-order valence-corrected chi connectivity index (χ0v) is 15.1. The van der Waals surface area contributed by atoms with Gasteiger partial charge in [0.2, 0.25) is 5.91 Å². The van der Waals surface area contributed by atoms with Crippen molar-refractivity contribution in [3.05, 3.63) is 64.5 Å². The Hall–Kier alpha value is -2.41. The van der Waals surface area contributed by atoms with Gasteiger partial charge in [0.05, 0.1) is 17.2 Å². The Kier molecular flexibility index (Phi) is 4.80. The van der Waals surface area contributed by atoms with E-state index >= 15 is 0 Å². The van der Waals surface area contributed by atoms with E-state index in [0.29, 0.717) is 12.4 Å². The molecule has 0 fully saturated rings. The predicted molar refractivity (Wildman–Crippen MR) is 95.8 cm³/mol. The molecule has 0 bridgehead atoms. The van der Waals surface area contributed by atoms with Crippen molar-refractivity contribution >= 4 is 27.7 Å². The lowest BCUT2D eigenvalue weighted by Crippen LogP contribution is -2.24. The first-order valence-corrected chi connectivity index (χ1v) is 8.41. The van der Waals surface area contributed by atoms with E-state index in [0.717, 1.165) is 15.7 Å². The van der Waals surface area contributed by atoms with Gasteiger partial charge in [-0.1, -0.05) is 30.3 Å². The molecule has 124 valence electrons. The molecule has 0 spiro atoms. The van der Waals surface area contributed by atoms with E-state index in [1.807, 2.05) is 35.9 Å². The number of aryl methyl sites for hydroxylation is 1. The van der Waals surface area contributed by atoms with Gasteiger partial charge in [-0.25, -0.2) is 0 Å². The number of carbonyl (C=O) groups excluding carboxylic acids is 1. The maximum atomic E-state index is 12.4. The van der Waals surface area contributed by atoms with E-state index in [9.17, 15) is 4.79 Å². The molecule has 3 aromatic rings.